The number of hydrogen-bond donors (Lipinski definition) is 11. The van der Waals surface area contributed by atoms with Crippen LogP contribution in [0.3, 0.4) is 0 Å². The van der Waals surface area contributed by atoms with E-state index in [2.05, 4.69) is 30.9 Å². The predicted molar refractivity (Wildman–Crippen MR) is 165 cm³/mol. The molecule has 18 heteroatoms. The molecule has 0 spiro atoms. The van der Waals surface area contributed by atoms with Gasteiger partial charge in [0.15, 0.2) is 11.9 Å². The minimum Gasteiger partial charge on any atom is -0.481 e. The number of carboxylic acids is 2. The summed E-state index contributed by atoms with van der Waals surface area (Å²) in [6.07, 6.45) is 1.43. The number of carboxylic acid groups (broad SMARTS) is 2. The number of guanidine groups is 2. The average molecular weight is 632 g/mol. The van der Waals surface area contributed by atoms with E-state index in [0.717, 1.165) is 10.9 Å². The van der Waals surface area contributed by atoms with E-state index in [9.17, 15) is 34.2 Å². The molecule has 1 heterocycles. The number of H-pyrrole nitrogens is 1. The van der Waals surface area contributed by atoms with E-state index in [1.54, 1.807) is 12.3 Å². The van der Waals surface area contributed by atoms with Crippen molar-refractivity contribution in [3.63, 3.8) is 0 Å². The fraction of sp³-hybridized carbons (Fsp3) is 0.444. The maximum absolute atomic E-state index is 13.5. The zero-order valence-corrected chi connectivity index (χ0v) is 24.6. The van der Waals surface area contributed by atoms with Crippen molar-refractivity contribution in [2.24, 2.45) is 38.7 Å². The maximum atomic E-state index is 13.5. The number of nitrogens with two attached hydrogens (primary N) is 5. The monoisotopic (exact) mass is 631 g/mol. The van der Waals surface area contributed by atoms with Gasteiger partial charge in [-0.15, -0.1) is 0 Å². The van der Waals surface area contributed by atoms with E-state index in [4.69, 9.17) is 28.7 Å². The number of amides is 3. The summed E-state index contributed by atoms with van der Waals surface area (Å²) in [5, 5.41) is 27.0. The van der Waals surface area contributed by atoms with Crippen LogP contribution in [0.1, 0.15) is 37.7 Å². The lowest BCUT2D eigenvalue weighted by Crippen LogP contribution is -2.58. The van der Waals surface area contributed by atoms with Crippen LogP contribution < -0.4 is 44.6 Å². The number of carbonyl (C=O) groups excluding carboxylic acids is 3. The fourth-order valence-corrected chi connectivity index (χ4v) is 4.35. The third kappa shape index (κ3) is 12.4. The number of para-hydroxylation sites is 1. The number of aromatic amines is 1. The first kappa shape index (κ1) is 35.8. The second kappa shape index (κ2) is 17.7. The van der Waals surface area contributed by atoms with Crippen LogP contribution in [0.25, 0.3) is 10.9 Å². The summed E-state index contributed by atoms with van der Waals surface area (Å²) in [6, 6.07) is 1.82. The molecule has 0 saturated carbocycles. The zero-order chi connectivity index (χ0) is 33.5. The Morgan fingerprint density at radius 1 is 0.778 bits per heavy atom. The van der Waals surface area contributed by atoms with Gasteiger partial charge in [0.05, 0.1) is 12.5 Å². The van der Waals surface area contributed by atoms with E-state index >= 15 is 0 Å². The second-order valence-electron chi connectivity index (χ2n) is 10.2. The zero-order valence-electron chi connectivity index (χ0n) is 24.6. The van der Waals surface area contributed by atoms with Gasteiger partial charge in [0.2, 0.25) is 17.7 Å². The molecule has 0 aliphatic carbocycles. The number of fused-ring (bicyclic) bond motifs is 1. The number of nitrogens with zero attached hydrogens (tertiary/aromatic N) is 2. The van der Waals surface area contributed by atoms with Gasteiger partial charge in [0, 0.05) is 36.6 Å². The van der Waals surface area contributed by atoms with Crippen LogP contribution in [0.2, 0.25) is 0 Å². The summed E-state index contributed by atoms with van der Waals surface area (Å²) in [6.45, 7) is 0.336. The molecule has 0 saturated heterocycles. The Bertz CT molecular complexity index is 1400. The lowest BCUT2D eigenvalue weighted by Gasteiger charge is -2.24. The fourth-order valence-electron chi connectivity index (χ4n) is 4.35. The molecule has 2 aromatic rings. The van der Waals surface area contributed by atoms with Crippen LogP contribution >= 0.6 is 0 Å². The van der Waals surface area contributed by atoms with Crippen molar-refractivity contribution in [2.75, 3.05) is 13.1 Å². The Labute approximate surface area is 258 Å². The van der Waals surface area contributed by atoms with Crippen LogP contribution in [0.15, 0.2) is 40.4 Å². The van der Waals surface area contributed by atoms with E-state index < -0.39 is 60.2 Å². The first-order chi connectivity index (χ1) is 21.3. The summed E-state index contributed by atoms with van der Waals surface area (Å²) in [4.78, 5) is 73.6. The highest BCUT2D eigenvalue weighted by atomic mass is 16.4. The quantitative estimate of drug-likeness (QED) is 0.0424. The number of nitrogens with one attached hydrogen (secondary N) is 4. The van der Waals surface area contributed by atoms with Gasteiger partial charge in [-0.2, -0.15) is 0 Å². The molecule has 0 aliphatic rings. The third-order valence-corrected chi connectivity index (χ3v) is 6.61. The van der Waals surface area contributed by atoms with Crippen LogP contribution in [0, 0.1) is 0 Å². The van der Waals surface area contributed by atoms with Gasteiger partial charge in [-0.05, 0) is 37.3 Å². The van der Waals surface area contributed by atoms with Crippen molar-refractivity contribution in [1.82, 2.24) is 20.9 Å². The van der Waals surface area contributed by atoms with Crippen molar-refractivity contribution in [1.29, 1.82) is 0 Å². The van der Waals surface area contributed by atoms with Gasteiger partial charge in [-0.25, -0.2) is 4.79 Å². The highest BCUT2D eigenvalue weighted by molar-refractivity contribution is 5.96. The average Bonchev–Trinajstić information content (AvgIpc) is 3.37. The van der Waals surface area contributed by atoms with Gasteiger partial charge in [0.25, 0.3) is 0 Å². The molecule has 0 fully saturated rings. The van der Waals surface area contributed by atoms with Gasteiger partial charge in [-0.3, -0.25) is 29.2 Å². The number of aliphatic imine (C=N–C) groups is 2. The second-order valence-corrected chi connectivity index (χ2v) is 10.2. The van der Waals surface area contributed by atoms with Crippen molar-refractivity contribution in [3.8, 4) is 0 Å². The molecule has 0 bridgehead atoms. The summed E-state index contributed by atoms with van der Waals surface area (Å²) < 4.78 is 0. The molecule has 0 aliphatic heterocycles. The Morgan fingerprint density at radius 2 is 1.33 bits per heavy atom. The largest absolute Gasteiger partial charge is 0.481 e. The molecule has 4 unspecified atom stereocenters. The van der Waals surface area contributed by atoms with Crippen molar-refractivity contribution in [2.45, 2.75) is 62.7 Å². The smallest absolute Gasteiger partial charge is 0.326 e. The lowest BCUT2D eigenvalue weighted by molar-refractivity contribution is -0.143. The molecule has 4 atom stereocenters. The molecule has 1 aromatic carbocycles. The molecular weight excluding hydrogens is 590 g/mol. The van der Waals surface area contributed by atoms with Crippen molar-refractivity contribution >= 4 is 52.5 Å². The first-order valence-electron chi connectivity index (χ1n) is 14.1. The van der Waals surface area contributed by atoms with Crippen LogP contribution in [0.4, 0.5) is 0 Å². The highest BCUT2D eigenvalue weighted by Gasteiger charge is 2.32. The predicted octanol–water partition coefficient (Wildman–Crippen LogP) is -2.84. The molecule has 3 amide bonds. The van der Waals surface area contributed by atoms with Crippen molar-refractivity contribution < 1.29 is 34.2 Å². The summed E-state index contributed by atoms with van der Waals surface area (Å²) >= 11 is 0. The van der Waals surface area contributed by atoms with E-state index in [0.29, 0.717) is 12.0 Å². The first-order valence-corrected chi connectivity index (χ1v) is 14.1. The maximum Gasteiger partial charge on any atom is 0.326 e. The molecule has 2 rings (SSSR count). The SMILES string of the molecule is NC(N)=NCCCC(N)C(=O)NC(Cc1c[nH]c2ccccc12)C(=O)NC(CC(=O)O)C(=O)NC(CCCN=C(N)N)C(=O)O. The third-order valence-electron chi connectivity index (χ3n) is 6.61. The molecule has 45 heavy (non-hydrogen) atoms. The molecule has 1 aromatic heterocycles. The van der Waals surface area contributed by atoms with Crippen LogP contribution in [0.5, 0.6) is 0 Å². The van der Waals surface area contributed by atoms with Crippen LogP contribution in [-0.2, 0) is 30.4 Å². The number of aliphatic carboxylic acids is 2. The standard InChI is InChI=1S/C27H41N11O7/c28-16(6-3-9-33-26(29)30)22(41)37-19(11-14-13-35-17-7-2-1-5-15(14)17)23(42)38-20(12-21(39)40)24(43)36-18(25(44)45)8-4-10-34-27(31)32/h1-2,5,7,13,16,18-20,35H,3-4,6,8-12,28H2,(H,36,43)(H,37,41)(H,38,42)(H,39,40)(H,44,45)(H4,29,30,33)(H4,31,32,34). The van der Waals surface area contributed by atoms with E-state index in [-0.39, 0.29) is 50.7 Å². The van der Waals surface area contributed by atoms with Gasteiger partial charge in [0.1, 0.15) is 18.1 Å². The number of rotatable bonds is 19. The molecule has 0 radical (unpaired) electrons. The van der Waals surface area contributed by atoms with Gasteiger partial charge < -0.3 is 59.8 Å². The lowest BCUT2D eigenvalue weighted by atomic mass is 10.0. The summed E-state index contributed by atoms with van der Waals surface area (Å²) in [5.41, 5.74) is 28.6. The molecule has 246 valence electrons. The van der Waals surface area contributed by atoms with Crippen molar-refractivity contribution in [3.05, 3.63) is 36.0 Å². The molecular formula is C27H41N11O7. The van der Waals surface area contributed by atoms with Gasteiger partial charge in [-0.1, -0.05) is 18.2 Å². The number of benzene rings is 1. The molecule has 16 N–H and O–H groups in total. The number of carbonyl (C=O) groups is 5. The Kier molecular flexibility index (Phi) is 14.1. The minimum absolute atomic E-state index is 0.0493. The van der Waals surface area contributed by atoms with E-state index in [1.165, 1.54) is 0 Å². The van der Waals surface area contributed by atoms with Gasteiger partial charge >= 0.3 is 11.9 Å². The summed E-state index contributed by atoms with van der Waals surface area (Å²) in [7, 11) is 0. The topological polar surface area (TPSA) is 333 Å². The Hall–Kier alpha value is -5.39. The Balaban J connectivity index is 2.24. The highest BCUT2D eigenvalue weighted by Crippen LogP contribution is 2.19. The van der Waals surface area contributed by atoms with Crippen LogP contribution in [-0.4, -0.2) is 94.0 Å². The molecule has 18 nitrogen and oxygen atoms in total. The minimum atomic E-state index is -1.68. The normalized spacial score (nSPS) is 13.4. The number of aromatic nitrogens is 1. The number of hydrogen-bond acceptors (Lipinski definition) is 8. The van der Waals surface area contributed by atoms with E-state index in [1.807, 2.05) is 18.2 Å². The summed E-state index contributed by atoms with van der Waals surface area (Å²) in [5.74, 6) is -5.72. The Morgan fingerprint density at radius 3 is 1.93 bits per heavy atom.